The van der Waals surface area contributed by atoms with Crippen molar-refractivity contribution in [1.82, 2.24) is 5.06 Å². The fraction of sp³-hybridized carbons (Fsp3) is 0.750. The predicted molar refractivity (Wildman–Crippen MR) is 99.1 cm³/mol. The summed E-state index contributed by atoms with van der Waals surface area (Å²) >= 11 is 0. The average molecular weight is 324 g/mol. The van der Waals surface area contributed by atoms with Gasteiger partial charge in [0.2, 0.25) is 5.91 Å². The highest BCUT2D eigenvalue weighted by Gasteiger charge is 2.06. The molecule has 0 atom stereocenters. The van der Waals surface area contributed by atoms with Crippen LogP contribution in [0.3, 0.4) is 0 Å². The van der Waals surface area contributed by atoms with Crippen LogP contribution in [0.5, 0.6) is 0 Å². The second-order valence-corrected chi connectivity index (χ2v) is 6.05. The quantitative estimate of drug-likeness (QED) is 0.216. The van der Waals surface area contributed by atoms with Crippen LogP contribution >= 0.6 is 0 Å². The molecule has 0 unspecified atom stereocenters. The van der Waals surface area contributed by atoms with E-state index in [1.54, 1.807) is 7.05 Å². The van der Waals surface area contributed by atoms with Crippen molar-refractivity contribution in [1.29, 1.82) is 0 Å². The molecule has 0 aromatic heterocycles. The van der Waals surface area contributed by atoms with E-state index >= 15 is 0 Å². The minimum Gasteiger partial charge on any atom is -0.275 e. The second-order valence-electron chi connectivity index (χ2n) is 6.05. The average Bonchev–Trinajstić information content (AvgIpc) is 2.57. The van der Waals surface area contributed by atoms with E-state index in [1.165, 1.54) is 63.5 Å². The number of carbonyl (C=O) groups excluding carboxylic acids is 1. The normalized spacial score (nSPS) is 11.6. The molecular weight excluding hydrogens is 286 g/mol. The molecule has 0 aromatic carbocycles. The molecule has 0 saturated carbocycles. The van der Waals surface area contributed by atoms with Gasteiger partial charge in [0.05, 0.1) is 7.11 Å². The smallest absolute Gasteiger partial charge is 0.245 e. The minimum absolute atomic E-state index is 0.0678. The number of allylic oxidation sites excluding steroid dienone is 4. The summed E-state index contributed by atoms with van der Waals surface area (Å²) < 4.78 is 0. The van der Waals surface area contributed by atoms with Crippen molar-refractivity contribution in [3.63, 3.8) is 0 Å². The van der Waals surface area contributed by atoms with Crippen molar-refractivity contribution in [3.05, 3.63) is 24.3 Å². The Labute approximate surface area is 143 Å². The van der Waals surface area contributed by atoms with Crippen LogP contribution < -0.4 is 0 Å². The zero-order chi connectivity index (χ0) is 17.2. The molecule has 0 heterocycles. The van der Waals surface area contributed by atoms with Gasteiger partial charge in [0, 0.05) is 13.5 Å². The summed E-state index contributed by atoms with van der Waals surface area (Å²) in [5, 5.41) is 1.31. The van der Waals surface area contributed by atoms with Crippen LogP contribution in [-0.4, -0.2) is 25.1 Å². The molecule has 0 saturated heterocycles. The summed E-state index contributed by atoms with van der Waals surface area (Å²) in [6, 6.07) is 0. The number of rotatable bonds is 15. The predicted octanol–water partition coefficient (Wildman–Crippen LogP) is 5.82. The fourth-order valence-corrected chi connectivity index (χ4v) is 2.35. The van der Waals surface area contributed by atoms with Gasteiger partial charge in [-0.1, -0.05) is 63.3 Å². The third-order valence-corrected chi connectivity index (χ3v) is 3.97. The largest absolute Gasteiger partial charge is 0.275 e. The molecule has 0 radical (unpaired) electrons. The molecule has 0 fully saturated rings. The molecule has 134 valence electrons. The van der Waals surface area contributed by atoms with Gasteiger partial charge in [-0.25, -0.2) is 5.06 Å². The van der Waals surface area contributed by atoms with Gasteiger partial charge in [0.15, 0.2) is 0 Å². The van der Waals surface area contributed by atoms with E-state index in [4.69, 9.17) is 4.84 Å². The Morgan fingerprint density at radius 1 is 0.870 bits per heavy atom. The summed E-state index contributed by atoms with van der Waals surface area (Å²) in [5.74, 6) is 0.0678. The van der Waals surface area contributed by atoms with Crippen LogP contribution in [0, 0.1) is 0 Å². The van der Waals surface area contributed by atoms with Gasteiger partial charge in [-0.05, 0) is 38.5 Å². The van der Waals surface area contributed by atoms with Gasteiger partial charge in [-0.2, -0.15) is 0 Å². The minimum atomic E-state index is 0.0678. The zero-order valence-corrected chi connectivity index (χ0v) is 15.6. The Morgan fingerprint density at radius 3 is 2.04 bits per heavy atom. The fourth-order valence-electron chi connectivity index (χ4n) is 2.35. The molecule has 0 rings (SSSR count). The van der Waals surface area contributed by atoms with E-state index in [9.17, 15) is 4.79 Å². The first-order valence-electron chi connectivity index (χ1n) is 9.33. The van der Waals surface area contributed by atoms with E-state index in [2.05, 4.69) is 31.2 Å². The molecule has 0 bridgehead atoms. The lowest BCUT2D eigenvalue weighted by Gasteiger charge is -2.12. The zero-order valence-electron chi connectivity index (χ0n) is 15.6. The van der Waals surface area contributed by atoms with Crippen molar-refractivity contribution in [2.45, 2.75) is 84.0 Å². The molecule has 0 aliphatic heterocycles. The summed E-state index contributed by atoms with van der Waals surface area (Å²) in [4.78, 5) is 16.4. The summed E-state index contributed by atoms with van der Waals surface area (Å²) in [5.41, 5.74) is 0. The number of unbranched alkanes of at least 4 members (excludes halogenated alkanes) is 8. The molecular formula is C20H37NO2. The van der Waals surface area contributed by atoms with Crippen LogP contribution in [-0.2, 0) is 9.63 Å². The summed E-state index contributed by atoms with van der Waals surface area (Å²) in [6.45, 7) is 2.24. The van der Waals surface area contributed by atoms with Crippen molar-refractivity contribution < 1.29 is 9.63 Å². The van der Waals surface area contributed by atoms with Gasteiger partial charge in [0.1, 0.15) is 0 Å². The van der Waals surface area contributed by atoms with Crippen molar-refractivity contribution >= 4 is 5.91 Å². The van der Waals surface area contributed by atoms with Crippen molar-refractivity contribution in [2.24, 2.45) is 0 Å². The first-order chi connectivity index (χ1) is 11.2. The van der Waals surface area contributed by atoms with E-state index in [1.807, 2.05) is 0 Å². The number of hydroxylamine groups is 2. The highest BCUT2D eigenvalue weighted by molar-refractivity contribution is 5.74. The Bertz CT molecular complexity index is 324. The lowest BCUT2D eigenvalue weighted by Crippen LogP contribution is -2.24. The lowest BCUT2D eigenvalue weighted by atomic mass is 10.1. The Morgan fingerprint density at radius 2 is 1.43 bits per heavy atom. The highest BCUT2D eigenvalue weighted by atomic mass is 16.7. The molecule has 0 aliphatic carbocycles. The molecule has 0 aliphatic rings. The van der Waals surface area contributed by atoms with Crippen molar-refractivity contribution in [2.75, 3.05) is 14.2 Å². The first kappa shape index (κ1) is 21.9. The highest BCUT2D eigenvalue weighted by Crippen LogP contribution is 2.09. The van der Waals surface area contributed by atoms with Crippen LogP contribution in [0.25, 0.3) is 0 Å². The third-order valence-electron chi connectivity index (χ3n) is 3.97. The maximum absolute atomic E-state index is 11.5. The van der Waals surface area contributed by atoms with Crippen LogP contribution in [0.1, 0.15) is 84.0 Å². The van der Waals surface area contributed by atoms with Crippen LogP contribution in [0.4, 0.5) is 0 Å². The molecule has 0 spiro atoms. The number of hydrogen-bond donors (Lipinski definition) is 0. The van der Waals surface area contributed by atoms with Crippen molar-refractivity contribution in [3.8, 4) is 0 Å². The Balaban J connectivity index is 3.29. The maximum atomic E-state index is 11.5. The number of carbonyl (C=O) groups is 1. The number of nitrogens with zero attached hydrogens (tertiary/aromatic N) is 1. The van der Waals surface area contributed by atoms with E-state index in [0.717, 1.165) is 19.3 Å². The van der Waals surface area contributed by atoms with Gasteiger partial charge < -0.3 is 0 Å². The lowest BCUT2D eigenvalue weighted by molar-refractivity contribution is -0.168. The molecule has 1 amide bonds. The Hall–Kier alpha value is -1.09. The summed E-state index contributed by atoms with van der Waals surface area (Å²) in [6.07, 6.45) is 23.0. The SMILES string of the molecule is CCCCCC=CCC=CCCCCCCCC(=O)N(C)OC. The van der Waals surface area contributed by atoms with Gasteiger partial charge in [-0.15, -0.1) is 0 Å². The standard InChI is InChI=1S/C20H37NO2/c1-4-5-6-7-8-9-10-11-12-13-14-15-16-17-18-19-20(22)21(2)23-3/h8-9,11-12H,4-7,10,13-19H2,1-3H3. The molecule has 23 heavy (non-hydrogen) atoms. The number of hydrogen-bond acceptors (Lipinski definition) is 2. The molecule has 0 N–H and O–H groups in total. The second kappa shape index (κ2) is 17.3. The maximum Gasteiger partial charge on any atom is 0.245 e. The molecule has 0 aromatic rings. The topological polar surface area (TPSA) is 29.5 Å². The van der Waals surface area contributed by atoms with Gasteiger partial charge in [0.25, 0.3) is 0 Å². The number of amides is 1. The Kier molecular flexibility index (Phi) is 16.4. The van der Waals surface area contributed by atoms with Crippen LogP contribution in [0.2, 0.25) is 0 Å². The van der Waals surface area contributed by atoms with E-state index in [-0.39, 0.29) is 5.91 Å². The molecule has 3 nitrogen and oxygen atoms in total. The van der Waals surface area contributed by atoms with E-state index in [0.29, 0.717) is 6.42 Å². The van der Waals surface area contributed by atoms with Crippen LogP contribution in [0.15, 0.2) is 24.3 Å². The monoisotopic (exact) mass is 323 g/mol. The van der Waals surface area contributed by atoms with Gasteiger partial charge in [-0.3, -0.25) is 9.63 Å². The third kappa shape index (κ3) is 15.6. The van der Waals surface area contributed by atoms with Gasteiger partial charge >= 0.3 is 0 Å². The van der Waals surface area contributed by atoms with E-state index < -0.39 is 0 Å². The summed E-state index contributed by atoms with van der Waals surface area (Å²) in [7, 11) is 3.18. The first-order valence-corrected chi connectivity index (χ1v) is 9.33. The molecule has 3 heteroatoms.